The minimum absolute atomic E-state index is 0.00821. The molecular formula is C40H53N7O6+2. The molecule has 0 spiro atoms. The highest BCUT2D eigenvalue weighted by atomic mass is 16.7. The van der Waals surface area contributed by atoms with Crippen LogP contribution in [0.15, 0.2) is 72.0 Å². The zero-order valence-corrected chi connectivity index (χ0v) is 31.5. The zero-order chi connectivity index (χ0) is 37.9. The summed E-state index contributed by atoms with van der Waals surface area (Å²) in [7, 11) is 4.70. The fourth-order valence-electron chi connectivity index (χ4n) is 8.78. The SMILES string of the molecule is C=CCOC(=O)OC(C)C1C(=O)N2C(C(=O)OCC=C)=C(CN3Cc4ccc(CC[N+]5(C)CC[N+](C)(CCCN=[N+]=[N-])CC5)c5cccc3c45)[C@H](C)C12. The molecule has 282 valence electrons. The van der Waals surface area contributed by atoms with Gasteiger partial charge >= 0.3 is 12.1 Å². The summed E-state index contributed by atoms with van der Waals surface area (Å²) in [5.41, 5.74) is 13.4. The maximum Gasteiger partial charge on any atom is 0.508 e. The summed E-state index contributed by atoms with van der Waals surface area (Å²) >= 11 is 0. The number of amides is 1. The Morgan fingerprint density at radius 3 is 2.45 bits per heavy atom. The molecule has 2 aromatic rings. The van der Waals surface area contributed by atoms with Gasteiger partial charge in [0.15, 0.2) is 0 Å². The van der Waals surface area contributed by atoms with E-state index in [9.17, 15) is 14.4 Å². The fraction of sp³-hybridized carbons (Fsp3) is 0.525. The van der Waals surface area contributed by atoms with Crippen LogP contribution < -0.4 is 4.90 Å². The predicted octanol–water partition coefficient (Wildman–Crippen LogP) is 5.50. The van der Waals surface area contributed by atoms with Crippen molar-refractivity contribution < 1.29 is 37.6 Å². The van der Waals surface area contributed by atoms with Gasteiger partial charge in [0.2, 0.25) is 5.91 Å². The maximum atomic E-state index is 13.6. The van der Waals surface area contributed by atoms with Gasteiger partial charge in [-0.3, -0.25) is 4.79 Å². The van der Waals surface area contributed by atoms with E-state index in [2.05, 4.69) is 72.5 Å². The molecule has 1 amide bonds. The Hall–Kier alpha value is -4.84. The molecule has 0 saturated carbocycles. The van der Waals surface area contributed by atoms with Crippen LogP contribution in [0, 0.1) is 11.8 Å². The number of carbonyl (C=O) groups is 3. The van der Waals surface area contributed by atoms with Gasteiger partial charge in [0, 0.05) is 54.4 Å². The van der Waals surface area contributed by atoms with Crippen molar-refractivity contribution in [2.75, 3.05) is 84.6 Å². The average molecular weight is 728 g/mol. The number of hydrogen-bond acceptors (Lipinski definition) is 8. The van der Waals surface area contributed by atoms with Crippen molar-refractivity contribution >= 4 is 34.5 Å². The Morgan fingerprint density at radius 2 is 1.75 bits per heavy atom. The third-order valence-corrected chi connectivity index (χ3v) is 12.0. The molecule has 3 unspecified atom stereocenters. The van der Waals surface area contributed by atoms with Gasteiger partial charge < -0.3 is 33.0 Å². The second-order valence-electron chi connectivity index (χ2n) is 15.5. The van der Waals surface area contributed by atoms with Crippen molar-refractivity contribution in [3.05, 3.63) is 88.5 Å². The molecule has 6 rings (SSSR count). The highest BCUT2D eigenvalue weighted by Gasteiger charge is 2.61. The van der Waals surface area contributed by atoms with E-state index in [1.807, 2.05) is 6.92 Å². The molecule has 53 heavy (non-hydrogen) atoms. The number of quaternary nitrogens is 2. The highest BCUT2D eigenvalue weighted by molar-refractivity contribution is 6.03. The molecule has 4 atom stereocenters. The van der Waals surface area contributed by atoms with Gasteiger partial charge in [-0.1, -0.05) is 61.6 Å². The monoisotopic (exact) mass is 727 g/mol. The quantitative estimate of drug-likeness (QED) is 0.0326. The maximum absolute atomic E-state index is 13.6. The third kappa shape index (κ3) is 7.51. The van der Waals surface area contributed by atoms with Crippen LogP contribution >= 0.6 is 0 Å². The Morgan fingerprint density at radius 1 is 1.06 bits per heavy atom. The summed E-state index contributed by atoms with van der Waals surface area (Å²) in [6, 6.07) is 10.7. The molecule has 2 aromatic carbocycles. The van der Waals surface area contributed by atoms with Crippen molar-refractivity contribution in [2.24, 2.45) is 17.0 Å². The first-order valence-electron chi connectivity index (χ1n) is 18.7. The van der Waals surface area contributed by atoms with E-state index in [4.69, 9.17) is 19.7 Å². The smallest absolute Gasteiger partial charge is 0.457 e. The molecule has 0 aliphatic carbocycles. The fourth-order valence-corrected chi connectivity index (χ4v) is 8.78. The van der Waals surface area contributed by atoms with E-state index in [0.717, 1.165) is 72.3 Å². The average Bonchev–Trinajstić information content (AvgIpc) is 3.62. The molecule has 4 heterocycles. The number of nitrogens with zero attached hydrogens (tertiary/aromatic N) is 7. The number of benzene rings is 2. The normalized spacial score (nSPS) is 26.4. The van der Waals surface area contributed by atoms with Crippen molar-refractivity contribution in [1.29, 1.82) is 0 Å². The number of azide groups is 1. The van der Waals surface area contributed by atoms with E-state index >= 15 is 0 Å². The molecule has 13 heteroatoms. The van der Waals surface area contributed by atoms with Gasteiger partial charge in [0.05, 0.1) is 39.1 Å². The third-order valence-electron chi connectivity index (χ3n) is 12.0. The zero-order valence-electron chi connectivity index (χ0n) is 31.5. The molecule has 2 fully saturated rings. The standard InChI is InChI=1S/C40H53N7O6/c1-7-23-51-39(49)37-32(27(3)36-34(38(48)45(36)37)28(4)53-40(50)52-24-8-2)26-44-25-30-14-13-29(31-11-9-12-33(44)35(30)31)15-18-47(6)21-19-46(5,20-22-47)17-10-16-42-43-41/h7-9,11-14,27-28,34,36H,1-2,10,15-26H2,3-6H3/q+2/t27-,28?,34?,36?,46?,47?/m0/s1. The molecule has 4 aliphatic rings. The van der Waals surface area contributed by atoms with E-state index in [-0.39, 0.29) is 36.8 Å². The number of fused-ring (bicyclic) bond motifs is 1. The first-order chi connectivity index (χ1) is 25.4. The lowest BCUT2D eigenvalue weighted by molar-refractivity contribution is -1.02. The molecular weight excluding hydrogens is 674 g/mol. The van der Waals surface area contributed by atoms with E-state index < -0.39 is 24.1 Å². The van der Waals surface area contributed by atoms with E-state index in [1.165, 1.54) is 34.1 Å². The Balaban J connectivity index is 1.18. The molecule has 0 radical (unpaired) electrons. The summed E-state index contributed by atoms with van der Waals surface area (Å²) in [4.78, 5) is 46.2. The number of rotatable bonds is 16. The van der Waals surface area contributed by atoms with Crippen LogP contribution in [0.3, 0.4) is 0 Å². The van der Waals surface area contributed by atoms with Crippen molar-refractivity contribution in [1.82, 2.24) is 4.90 Å². The number of likely N-dealkylation sites (N-methyl/N-ethyl adjacent to an activating group) is 2. The largest absolute Gasteiger partial charge is 0.508 e. The summed E-state index contributed by atoms with van der Waals surface area (Å²) in [5, 5.41) is 6.22. The van der Waals surface area contributed by atoms with Crippen LogP contribution in [0.1, 0.15) is 31.4 Å². The Bertz CT molecular complexity index is 1860. The second kappa shape index (κ2) is 15.6. The van der Waals surface area contributed by atoms with Crippen molar-refractivity contribution in [3.8, 4) is 0 Å². The molecule has 0 N–H and O–H groups in total. The Kier molecular flexibility index (Phi) is 11.2. The van der Waals surface area contributed by atoms with Crippen LogP contribution in [0.25, 0.3) is 21.2 Å². The molecule has 0 bridgehead atoms. The molecule has 0 aromatic heterocycles. The molecule has 13 nitrogen and oxygen atoms in total. The lowest BCUT2D eigenvalue weighted by atomic mass is 9.77. The van der Waals surface area contributed by atoms with Crippen molar-refractivity contribution in [2.45, 2.75) is 45.4 Å². The first-order valence-corrected chi connectivity index (χ1v) is 18.7. The number of ether oxygens (including phenoxy) is 3. The number of carbonyl (C=O) groups excluding carboxylic acids is 3. The molecule has 2 saturated heterocycles. The number of piperazine rings is 1. The van der Waals surface area contributed by atoms with Crippen LogP contribution in [0.5, 0.6) is 0 Å². The highest BCUT2D eigenvalue weighted by Crippen LogP contribution is 2.49. The summed E-state index contributed by atoms with van der Waals surface area (Å²) in [5.74, 6) is -1.64. The summed E-state index contributed by atoms with van der Waals surface area (Å²) < 4.78 is 18.0. The van der Waals surface area contributed by atoms with Gasteiger partial charge in [0.25, 0.3) is 0 Å². The lowest BCUT2D eigenvalue weighted by Gasteiger charge is -2.47. The van der Waals surface area contributed by atoms with Crippen LogP contribution in [-0.2, 0) is 36.8 Å². The molecule has 4 aliphatic heterocycles. The van der Waals surface area contributed by atoms with Gasteiger partial charge in [-0.05, 0) is 40.6 Å². The number of hydrogen-bond donors (Lipinski definition) is 0. The van der Waals surface area contributed by atoms with Crippen LogP contribution in [0.2, 0.25) is 0 Å². The van der Waals surface area contributed by atoms with Gasteiger partial charge in [-0.2, -0.15) is 0 Å². The topological polar surface area (TPSA) is 134 Å². The number of esters is 1. The van der Waals surface area contributed by atoms with Gasteiger partial charge in [0.1, 0.15) is 51.2 Å². The van der Waals surface area contributed by atoms with E-state index in [0.29, 0.717) is 19.6 Å². The lowest BCUT2D eigenvalue weighted by Crippen LogP contribution is -2.64. The van der Waals surface area contributed by atoms with Crippen molar-refractivity contribution in [3.63, 3.8) is 0 Å². The Labute approximate surface area is 311 Å². The minimum Gasteiger partial charge on any atom is -0.457 e. The van der Waals surface area contributed by atoms with Gasteiger partial charge in [-0.25, -0.2) is 9.59 Å². The van der Waals surface area contributed by atoms with Crippen LogP contribution in [0.4, 0.5) is 10.5 Å². The summed E-state index contributed by atoms with van der Waals surface area (Å²) in [6.07, 6.45) is 3.24. The second-order valence-corrected chi connectivity index (χ2v) is 15.5. The van der Waals surface area contributed by atoms with Gasteiger partial charge in [-0.15, -0.1) is 0 Å². The number of β-lactam (4-membered cyclic amide) rings is 1. The van der Waals surface area contributed by atoms with Crippen LogP contribution in [-0.4, -0.2) is 124 Å². The number of anilines is 1. The summed E-state index contributed by atoms with van der Waals surface area (Å²) in [6.45, 7) is 19.2. The minimum atomic E-state index is -0.861. The predicted molar refractivity (Wildman–Crippen MR) is 202 cm³/mol. The first kappa shape index (κ1) is 37.9. The van der Waals surface area contributed by atoms with E-state index in [1.54, 1.807) is 11.8 Å².